The monoisotopic (exact) mass is 304 g/mol. The van der Waals surface area contributed by atoms with Crippen LogP contribution in [0.25, 0.3) is 0 Å². The summed E-state index contributed by atoms with van der Waals surface area (Å²) in [5.74, 6) is 8.25. The van der Waals surface area contributed by atoms with Crippen molar-refractivity contribution in [1.82, 2.24) is 5.43 Å². The number of nitrogens with two attached hydrogens (primary N) is 1. The Kier molecular flexibility index (Phi) is 4.17. The minimum absolute atomic E-state index is 0.108. The molecule has 20 heavy (non-hydrogen) atoms. The molecule has 0 saturated heterocycles. The molecule has 1 aromatic carbocycles. The highest BCUT2D eigenvalue weighted by atomic mass is 32.2. The van der Waals surface area contributed by atoms with E-state index < -0.39 is 0 Å². The standard InChI is InChI=1S/C16H20N2S2/c1-10-3-4-13(11(2)7-10)16(18-17)15-8-12-9-19-6-5-14(12)20-15/h3-4,7-8,16,18H,5-6,9,17H2,1-2H3. The van der Waals surface area contributed by atoms with Crippen LogP contribution < -0.4 is 11.3 Å². The maximum Gasteiger partial charge on any atom is 0.0805 e. The van der Waals surface area contributed by atoms with Crippen LogP contribution in [0.5, 0.6) is 0 Å². The van der Waals surface area contributed by atoms with E-state index in [-0.39, 0.29) is 6.04 Å². The van der Waals surface area contributed by atoms with Crippen LogP contribution in [-0.2, 0) is 12.2 Å². The number of hydrazine groups is 1. The molecule has 0 amide bonds. The molecule has 4 heteroatoms. The molecule has 2 nitrogen and oxygen atoms in total. The molecule has 0 fully saturated rings. The van der Waals surface area contributed by atoms with Crippen LogP contribution in [0.4, 0.5) is 0 Å². The van der Waals surface area contributed by atoms with Gasteiger partial charge in [-0.3, -0.25) is 5.84 Å². The van der Waals surface area contributed by atoms with Gasteiger partial charge in [0.1, 0.15) is 0 Å². The van der Waals surface area contributed by atoms with E-state index in [9.17, 15) is 0 Å². The Labute approximate surface area is 128 Å². The Hall–Kier alpha value is -0.810. The first-order valence-corrected chi connectivity index (χ1v) is 8.88. The minimum atomic E-state index is 0.108. The lowest BCUT2D eigenvalue weighted by molar-refractivity contribution is 0.643. The first kappa shape index (κ1) is 14.1. The fraction of sp³-hybridized carbons (Fsp3) is 0.375. The summed E-state index contributed by atoms with van der Waals surface area (Å²) in [6.07, 6.45) is 1.20. The van der Waals surface area contributed by atoms with Gasteiger partial charge in [-0.15, -0.1) is 11.3 Å². The Morgan fingerprint density at radius 3 is 2.80 bits per heavy atom. The smallest absolute Gasteiger partial charge is 0.0805 e. The van der Waals surface area contributed by atoms with Gasteiger partial charge in [0.25, 0.3) is 0 Å². The van der Waals surface area contributed by atoms with Crippen molar-refractivity contribution < 1.29 is 0 Å². The molecule has 106 valence electrons. The van der Waals surface area contributed by atoms with Gasteiger partial charge in [-0.25, -0.2) is 5.43 Å². The fourth-order valence-corrected chi connectivity index (χ4v) is 5.24. The van der Waals surface area contributed by atoms with Crippen molar-refractivity contribution in [3.8, 4) is 0 Å². The van der Waals surface area contributed by atoms with Gasteiger partial charge in [-0.2, -0.15) is 11.8 Å². The molecule has 1 unspecified atom stereocenters. The number of hydrogen-bond donors (Lipinski definition) is 2. The van der Waals surface area contributed by atoms with Crippen molar-refractivity contribution >= 4 is 23.1 Å². The lowest BCUT2D eigenvalue weighted by atomic mass is 9.98. The van der Waals surface area contributed by atoms with Crippen molar-refractivity contribution in [1.29, 1.82) is 0 Å². The number of nitrogens with one attached hydrogen (secondary N) is 1. The molecule has 0 saturated carbocycles. The summed E-state index contributed by atoms with van der Waals surface area (Å²) in [5.41, 5.74) is 8.39. The number of hydrogen-bond acceptors (Lipinski definition) is 4. The van der Waals surface area contributed by atoms with Crippen LogP contribution in [0, 0.1) is 13.8 Å². The van der Waals surface area contributed by atoms with E-state index >= 15 is 0 Å². The summed E-state index contributed by atoms with van der Waals surface area (Å²) in [6.45, 7) is 4.29. The third kappa shape index (κ3) is 2.66. The van der Waals surface area contributed by atoms with Crippen molar-refractivity contribution in [3.63, 3.8) is 0 Å². The van der Waals surface area contributed by atoms with Crippen molar-refractivity contribution in [2.75, 3.05) is 5.75 Å². The number of thioether (sulfide) groups is 1. The van der Waals surface area contributed by atoms with Gasteiger partial charge in [0, 0.05) is 15.5 Å². The maximum absolute atomic E-state index is 5.85. The zero-order valence-electron chi connectivity index (χ0n) is 11.9. The first-order valence-electron chi connectivity index (χ1n) is 6.91. The summed E-state index contributed by atoms with van der Waals surface area (Å²) >= 11 is 3.95. The van der Waals surface area contributed by atoms with Gasteiger partial charge in [0.15, 0.2) is 0 Å². The molecule has 1 atom stereocenters. The van der Waals surface area contributed by atoms with E-state index in [1.807, 2.05) is 23.1 Å². The molecule has 0 radical (unpaired) electrons. The van der Waals surface area contributed by atoms with Crippen LogP contribution in [0.1, 0.15) is 38.0 Å². The van der Waals surface area contributed by atoms with Gasteiger partial charge < -0.3 is 0 Å². The van der Waals surface area contributed by atoms with Gasteiger partial charge >= 0.3 is 0 Å². The molecular weight excluding hydrogens is 284 g/mol. The summed E-state index contributed by atoms with van der Waals surface area (Å²) in [4.78, 5) is 2.88. The predicted molar refractivity (Wildman–Crippen MR) is 89.3 cm³/mol. The van der Waals surface area contributed by atoms with Crippen LogP contribution in [0.2, 0.25) is 0 Å². The van der Waals surface area contributed by atoms with Crippen LogP contribution in [-0.4, -0.2) is 5.75 Å². The fourth-order valence-electron chi connectivity index (χ4n) is 2.79. The summed E-state index contributed by atoms with van der Waals surface area (Å²) < 4.78 is 0. The van der Waals surface area contributed by atoms with E-state index in [1.54, 1.807) is 4.88 Å². The van der Waals surface area contributed by atoms with Crippen LogP contribution in [0.15, 0.2) is 24.3 Å². The number of aryl methyl sites for hydroxylation is 3. The van der Waals surface area contributed by atoms with E-state index in [0.29, 0.717) is 0 Å². The average Bonchev–Trinajstić information content (AvgIpc) is 2.85. The molecule has 2 aromatic rings. The number of benzene rings is 1. The molecule has 0 aliphatic carbocycles. The van der Waals surface area contributed by atoms with Crippen LogP contribution >= 0.6 is 23.1 Å². The summed E-state index contributed by atoms with van der Waals surface area (Å²) in [5, 5.41) is 0. The molecule has 0 bridgehead atoms. The second-order valence-electron chi connectivity index (χ2n) is 5.36. The Morgan fingerprint density at radius 1 is 1.25 bits per heavy atom. The van der Waals surface area contributed by atoms with E-state index in [2.05, 4.69) is 43.5 Å². The number of thiophene rings is 1. The van der Waals surface area contributed by atoms with Gasteiger partial charge in [0.2, 0.25) is 0 Å². The van der Waals surface area contributed by atoms with Crippen molar-refractivity contribution in [2.45, 2.75) is 32.1 Å². The number of fused-ring (bicyclic) bond motifs is 1. The second kappa shape index (κ2) is 5.90. The zero-order valence-corrected chi connectivity index (χ0v) is 13.5. The summed E-state index contributed by atoms with van der Waals surface area (Å²) in [7, 11) is 0. The molecule has 1 aromatic heterocycles. The van der Waals surface area contributed by atoms with Crippen LogP contribution in [0.3, 0.4) is 0 Å². The molecule has 2 heterocycles. The molecule has 0 spiro atoms. The van der Waals surface area contributed by atoms with Gasteiger partial charge in [0.05, 0.1) is 6.04 Å². The average molecular weight is 304 g/mol. The van der Waals surface area contributed by atoms with Crippen molar-refractivity contribution in [2.24, 2.45) is 5.84 Å². The van der Waals surface area contributed by atoms with Gasteiger partial charge in [-0.05, 0) is 48.8 Å². The predicted octanol–water partition coefficient (Wildman–Crippen LogP) is 3.71. The highest BCUT2D eigenvalue weighted by Crippen LogP contribution is 2.37. The third-order valence-electron chi connectivity index (χ3n) is 3.83. The Balaban J connectivity index is 1.98. The normalized spacial score (nSPS) is 15.9. The SMILES string of the molecule is Cc1ccc(C(NN)c2cc3c(s2)CCSC3)c(C)c1. The second-order valence-corrected chi connectivity index (χ2v) is 7.63. The Morgan fingerprint density at radius 2 is 2.10 bits per heavy atom. The highest BCUT2D eigenvalue weighted by molar-refractivity contribution is 7.98. The highest BCUT2D eigenvalue weighted by Gasteiger charge is 2.21. The largest absolute Gasteiger partial charge is 0.271 e. The first-order chi connectivity index (χ1) is 9.69. The lowest BCUT2D eigenvalue weighted by Gasteiger charge is -2.17. The molecule has 3 N–H and O–H groups in total. The van der Waals surface area contributed by atoms with Crippen molar-refractivity contribution in [3.05, 3.63) is 56.3 Å². The molecule has 3 rings (SSSR count). The van der Waals surface area contributed by atoms with E-state index in [0.717, 1.165) is 5.75 Å². The number of rotatable bonds is 3. The quantitative estimate of drug-likeness (QED) is 0.670. The van der Waals surface area contributed by atoms with E-state index in [1.165, 1.54) is 39.3 Å². The Bertz CT molecular complexity index is 595. The maximum atomic E-state index is 5.85. The van der Waals surface area contributed by atoms with Gasteiger partial charge in [-0.1, -0.05) is 23.8 Å². The molecule has 1 aliphatic rings. The minimum Gasteiger partial charge on any atom is -0.271 e. The molecular formula is C16H20N2S2. The van der Waals surface area contributed by atoms with E-state index in [4.69, 9.17) is 5.84 Å². The third-order valence-corrected chi connectivity index (χ3v) is 6.14. The topological polar surface area (TPSA) is 38.0 Å². The molecule has 1 aliphatic heterocycles. The summed E-state index contributed by atoms with van der Waals surface area (Å²) in [6, 6.07) is 9.04. The lowest BCUT2D eigenvalue weighted by Crippen LogP contribution is -2.28. The zero-order chi connectivity index (χ0) is 14.1.